The lowest BCUT2D eigenvalue weighted by molar-refractivity contribution is -0.148. The zero-order valence-electron chi connectivity index (χ0n) is 16.9. The summed E-state index contributed by atoms with van der Waals surface area (Å²) in [4.78, 5) is 24.3. The van der Waals surface area contributed by atoms with Crippen molar-refractivity contribution in [1.82, 2.24) is 9.97 Å². The lowest BCUT2D eigenvalue weighted by Gasteiger charge is -2.32. The molecule has 1 atom stereocenters. The van der Waals surface area contributed by atoms with Crippen molar-refractivity contribution < 1.29 is 9.53 Å². The summed E-state index contributed by atoms with van der Waals surface area (Å²) in [6.45, 7) is 3.81. The number of piperidine rings is 1. The van der Waals surface area contributed by atoms with Gasteiger partial charge in [0.05, 0.1) is 28.3 Å². The molecule has 30 heavy (non-hydrogen) atoms. The molecule has 0 N–H and O–H groups in total. The number of hydrogen-bond acceptors (Lipinski definition) is 6. The number of rotatable bonds is 4. The molecule has 5 nitrogen and oxygen atoms in total. The molecule has 1 aliphatic heterocycles. The number of pyridine rings is 1. The van der Waals surface area contributed by atoms with Gasteiger partial charge in [0, 0.05) is 24.0 Å². The second-order valence-corrected chi connectivity index (χ2v) is 8.60. The van der Waals surface area contributed by atoms with Crippen molar-refractivity contribution in [3.8, 4) is 10.6 Å². The van der Waals surface area contributed by atoms with Crippen LogP contribution < -0.4 is 4.90 Å². The third-order valence-corrected chi connectivity index (χ3v) is 6.66. The Morgan fingerprint density at radius 2 is 1.93 bits per heavy atom. The van der Waals surface area contributed by atoms with E-state index in [-0.39, 0.29) is 11.9 Å². The van der Waals surface area contributed by atoms with Gasteiger partial charge in [0.1, 0.15) is 10.8 Å². The van der Waals surface area contributed by atoms with Crippen LogP contribution in [0.4, 0.5) is 5.82 Å². The van der Waals surface area contributed by atoms with Crippen LogP contribution in [0.2, 0.25) is 0 Å². The second kappa shape index (κ2) is 8.03. The van der Waals surface area contributed by atoms with E-state index in [9.17, 15) is 4.79 Å². The molecule has 1 aliphatic rings. The van der Waals surface area contributed by atoms with Crippen LogP contribution in [0.15, 0.2) is 54.6 Å². The van der Waals surface area contributed by atoms with Gasteiger partial charge in [-0.1, -0.05) is 30.3 Å². The third kappa shape index (κ3) is 3.52. The van der Waals surface area contributed by atoms with Crippen molar-refractivity contribution >= 4 is 44.2 Å². The van der Waals surface area contributed by atoms with Crippen LogP contribution in [-0.4, -0.2) is 35.6 Å². The number of thiazole rings is 1. The Hall–Kier alpha value is -2.99. The van der Waals surface area contributed by atoms with E-state index in [0.717, 1.165) is 52.2 Å². The average molecular weight is 418 g/mol. The van der Waals surface area contributed by atoms with Gasteiger partial charge in [0.15, 0.2) is 0 Å². The molecular formula is C24H23N3O2S. The molecule has 1 saturated heterocycles. The fourth-order valence-corrected chi connectivity index (χ4v) is 5.12. The van der Waals surface area contributed by atoms with Crippen LogP contribution in [0.25, 0.3) is 31.7 Å². The summed E-state index contributed by atoms with van der Waals surface area (Å²) in [5, 5.41) is 2.09. The maximum Gasteiger partial charge on any atom is 0.310 e. The zero-order valence-corrected chi connectivity index (χ0v) is 17.7. The highest BCUT2D eigenvalue weighted by Gasteiger charge is 2.28. The second-order valence-electron chi connectivity index (χ2n) is 7.57. The number of hydrogen-bond donors (Lipinski definition) is 0. The van der Waals surface area contributed by atoms with E-state index in [0.29, 0.717) is 13.2 Å². The van der Waals surface area contributed by atoms with Crippen LogP contribution in [-0.2, 0) is 9.53 Å². The standard InChI is InChI=1S/C24H23N3O2S/c1-2-29-24(28)16-8-7-13-27(15-16)22-14-18(17-9-3-4-10-19(17)25-22)23-26-20-11-5-6-12-21(20)30-23/h3-6,9-12,14,16H,2,7-8,13,15H2,1H3/t16-/m0/s1. The van der Waals surface area contributed by atoms with Crippen molar-refractivity contribution in [2.24, 2.45) is 5.92 Å². The first kappa shape index (κ1) is 19.0. The van der Waals surface area contributed by atoms with Gasteiger partial charge in [-0.3, -0.25) is 4.79 Å². The van der Waals surface area contributed by atoms with Gasteiger partial charge in [-0.25, -0.2) is 9.97 Å². The maximum atomic E-state index is 12.3. The molecule has 0 amide bonds. The molecule has 0 saturated carbocycles. The number of fused-ring (bicyclic) bond motifs is 2. The smallest absolute Gasteiger partial charge is 0.310 e. The number of para-hydroxylation sites is 2. The predicted octanol–water partition coefficient (Wildman–Crippen LogP) is 5.29. The molecule has 3 heterocycles. The Morgan fingerprint density at radius 3 is 2.77 bits per heavy atom. The van der Waals surface area contributed by atoms with Gasteiger partial charge in [0.2, 0.25) is 0 Å². The molecule has 0 unspecified atom stereocenters. The Bertz CT molecular complexity index is 1190. The van der Waals surface area contributed by atoms with Gasteiger partial charge >= 0.3 is 5.97 Å². The van der Waals surface area contributed by atoms with E-state index in [1.165, 1.54) is 4.70 Å². The van der Waals surface area contributed by atoms with Crippen molar-refractivity contribution in [1.29, 1.82) is 0 Å². The highest BCUT2D eigenvalue weighted by molar-refractivity contribution is 7.21. The molecular weight excluding hydrogens is 394 g/mol. The van der Waals surface area contributed by atoms with Crippen LogP contribution >= 0.6 is 11.3 Å². The molecule has 5 rings (SSSR count). The van der Waals surface area contributed by atoms with Crippen LogP contribution in [0.1, 0.15) is 19.8 Å². The van der Waals surface area contributed by atoms with Gasteiger partial charge in [-0.2, -0.15) is 0 Å². The number of carbonyl (C=O) groups excluding carboxylic acids is 1. The number of anilines is 1. The first-order chi connectivity index (χ1) is 14.7. The topological polar surface area (TPSA) is 55.3 Å². The number of esters is 1. The van der Waals surface area contributed by atoms with E-state index in [2.05, 4.69) is 23.1 Å². The SMILES string of the molecule is CCOC(=O)[C@H]1CCCN(c2cc(-c3nc4ccccc4s3)c3ccccc3n2)C1. The number of ether oxygens (including phenoxy) is 1. The molecule has 0 aliphatic carbocycles. The van der Waals surface area contributed by atoms with E-state index in [4.69, 9.17) is 14.7 Å². The number of benzene rings is 2. The highest BCUT2D eigenvalue weighted by atomic mass is 32.1. The number of aromatic nitrogens is 2. The first-order valence-electron chi connectivity index (χ1n) is 10.4. The number of carbonyl (C=O) groups is 1. The molecule has 6 heteroatoms. The molecule has 2 aromatic heterocycles. The minimum Gasteiger partial charge on any atom is -0.466 e. The fourth-order valence-electron chi connectivity index (χ4n) is 4.13. The van der Waals surface area contributed by atoms with Crippen molar-refractivity contribution in [3.05, 3.63) is 54.6 Å². The molecule has 4 aromatic rings. The fraction of sp³-hybridized carbons (Fsp3) is 0.292. The predicted molar refractivity (Wildman–Crippen MR) is 122 cm³/mol. The van der Waals surface area contributed by atoms with Gasteiger partial charge in [0.25, 0.3) is 0 Å². The molecule has 2 aromatic carbocycles. The maximum absolute atomic E-state index is 12.3. The summed E-state index contributed by atoms with van der Waals surface area (Å²) in [6.07, 6.45) is 1.82. The molecule has 1 fully saturated rings. The summed E-state index contributed by atoms with van der Waals surface area (Å²) < 4.78 is 6.44. The summed E-state index contributed by atoms with van der Waals surface area (Å²) in [7, 11) is 0. The minimum atomic E-state index is -0.102. The van der Waals surface area contributed by atoms with Crippen LogP contribution in [0, 0.1) is 5.92 Å². The first-order valence-corrected chi connectivity index (χ1v) is 11.2. The lowest BCUT2D eigenvalue weighted by Crippen LogP contribution is -2.39. The summed E-state index contributed by atoms with van der Waals surface area (Å²) in [5.74, 6) is 0.698. The quantitative estimate of drug-likeness (QED) is 0.422. The highest BCUT2D eigenvalue weighted by Crippen LogP contribution is 2.37. The van der Waals surface area contributed by atoms with Crippen molar-refractivity contribution in [2.75, 3.05) is 24.6 Å². The van der Waals surface area contributed by atoms with E-state index in [1.54, 1.807) is 11.3 Å². The van der Waals surface area contributed by atoms with E-state index >= 15 is 0 Å². The van der Waals surface area contributed by atoms with Crippen molar-refractivity contribution in [2.45, 2.75) is 19.8 Å². The monoisotopic (exact) mass is 417 g/mol. The van der Waals surface area contributed by atoms with Crippen LogP contribution in [0.3, 0.4) is 0 Å². The summed E-state index contributed by atoms with van der Waals surface area (Å²) in [5.41, 5.74) is 3.05. The Labute approximate surface area is 179 Å². The summed E-state index contributed by atoms with van der Waals surface area (Å²) in [6, 6.07) is 18.6. The Balaban J connectivity index is 1.57. The normalized spacial score (nSPS) is 16.8. The summed E-state index contributed by atoms with van der Waals surface area (Å²) >= 11 is 1.70. The van der Waals surface area contributed by atoms with Crippen LogP contribution in [0.5, 0.6) is 0 Å². The average Bonchev–Trinajstić information content (AvgIpc) is 3.23. The number of nitrogens with zero attached hydrogens (tertiary/aromatic N) is 3. The largest absolute Gasteiger partial charge is 0.466 e. The lowest BCUT2D eigenvalue weighted by atomic mass is 9.98. The van der Waals surface area contributed by atoms with Gasteiger partial charge < -0.3 is 9.64 Å². The van der Waals surface area contributed by atoms with Gasteiger partial charge in [-0.05, 0) is 44.0 Å². The van der Waals surface area contributed by atoms with E-state index < -0.39 is 0 Å². The van der Waals surface area contributed by atoms with E-state index in [1.807, 2.05) is 43.3 Å². The molecule has 0 bridgehead atoms. The molecule has 152 valence electrons. The van der Waals surface area contributed by atoms with Crippen molar-refractivity contribution in [3.63, 3.8) is 0 Å². The zero-order chi connectivity index (χ0) is 20.5. The third-order valence-electron chi connectivity index (χ3n) is 5.59. The van der Waals surface area contributed by atoms with Gasteiger partial charge in [-0.15, -0.1) is 11.3 Å². The molecule has 0 radical (unpaired) electrons. The Morgan fingerprint density at radius 1 is 1.13 bits per heavy atom. The Kier molecular flexibility index (Phi) is 5.09. The minimum absolute atomic E-state index is 0.0992. The molecule has 0 spiro atoms.